The molecule has 3 aromatic rings. The predicted molar refractivity (Wildman–Crippen MR) is 94.4 cm³/mol. The predicted octanol–water partition coefficient (Wildman–Crippen LogP) is 5.13. The Morgan fingerprint density at radius 1 is 0.909 bits per heavy atom. The summed E-state index contributed by atoms with van der Waals surface area (Å²) in [7, 11) is 0. The molecule has 22 heavy (non-hydrogen) atoms. The van der Waals surface area contributed by atoms with E-state index in [-0.39, 0.29) is 11.0 Å². The summed E-state index contributed by atoms with van der Waals surface area (Å²) in [4.78, 5) is 13.2. The Morgan fingerprint density at radius 3 is 2.36 bits per heavy atom. The number of rotatable bonds is 5. The zero-order chi connectivity index (χ0) is 15.4. The monoisotopic (exact) mass is 306 g/mol. The van der Waals surface area contributed by atoms with Gasteiger partial charge in [-0.2, -0.15) is 0 Å². The van der Waals surface area contributed by atoms with Gasteiger partial charge in [-0.05, 0) is 41.8 Å². The normalized spacial score (nSPS) is 12.2. The van der Waals surface area contributed by atoms with E-state index < -0.39 is 0 Å². The highest BCUT2D eigenvalue weighted by atomic mass is 32.2. The molecule has 0 aliphatic heterocycles. The van der Waals surface area contributed by atoms with Gasteiger partial charge in [-0.1, -0.05) is 60.7 Å². The van der Waals surface area contributed by atoms with Gasteiger partial charge in [0.15, 0.2) is 0 Å². The molecule has 0 aliphatic rings. The molecule has 0 heterocycles. The number of carbonyl (C=O) groups is 1. The van der Waals surface area contributed by atoms with Crippen LogP contribution < -0.4 is 0 Å². The van der Waals surface area contributed by atoms with Gasteiger partial charge in [-0.3, -0.25) is 4.79 Å². The van der Waals surface area contributed by atoms with Crippen molar-refractivity contribution in [2.75, 3.05) is 0 Å². The van der Waals surface area contributed by atoms with E-state index in [1.54, 1.807) is 18.7 Å². The fraction of sp³-hybridized carbons (Fsp3) is 0.150. The molecule has 110 valence electrons. The van der Waals surface area contributed by atoms with Gasteiger partial charge < -0.3 is 0 Å². The van der Waals surface area contributed by atoms with Gasteiger partial charge in [-0.15, -0.1) is 11.8 Å². The van der Waals surface area contributed by atoms with Crippen molar-refractivity contribution in [2.45, 2.75) is 23.5 Å². The molecular weight excluding hydrogens is 288 g/mol. The molecule has 0 aromatic heterocycles. The molecule has 3 aromatic carbocycles. The molecule has 3 rings (SSSR count). The molecule has 1 nitrogen and oxygen atoms in total. The molecular formula is C20H18OS. The summed E-state index contributed by atoms with van der Waals surface area (Å²) in [6, 6.07) is 24.8. The second-order valence-corrected chi connectivity index (χ2v) is 6.65. The Balaban J connectivity index is 1.88. The third kappa shape index (κ3) is 3.40. The maximum Gasteiger partial charge on any atom is 0.143 e. The summed E-state index contributed by atoms with van der Waals surface area (Å²) >= 11 is 1.65. The van der Waals surface area contributed by atoms with Crippen molar-refractivity contribution in [2.24, 2.45) is 0 Å². The minimum atomic E-state index is -0.0480. The third-order valence-corrected chi connectivity index (χ3v) is 5.09. The Labute approximate surface area is 135 Å². The van der Waals surface area contributed by atoms with Gasteiger partial charge in [0.25, 0.3) is 0 Å². The molecule has 0 N–H and O–H groups in total. The SMILES string of the molecule is CC(=O)C(Cc1cccc2ccccc12)Sc1ccccc1. The Kier molecular flexibility index (Phi) is 4.59. The third-order valence-electron chi connectivity index (χ3n) is 3.76. The van der Waals surface area contributed by atoms with Crippen LogP contribution in [0.25, 0.3) is 10.8 Å². The van der Waals surface area contributed by atoms with E-state index in [1.807, 2.05) is 24.3 Å². The van der Waals surface area contributed by atoms with Crippen LogP contribution in [0.2, 0.25) is 0 Å². The highest BCUT2D eigenvalue weighted by Gasteiger charge is 2.17. The van der Waals surface area contributed by atoms with Crippen LogP contribution in [0, 0.1) is 0 Å². The van der Waals surface area contributed by atoms with E-state index in [4.69, 9.17) is 0 Å². The van der Waals surface area contributed by atoms with Crippen molar-refractivity contribution in [1.29, 1.82) is 0 Å². The van der Waals surface area contributed by atoms with Crippen LogP contribution in [0.15, 0.2) is 77.7 Å². The number of hydrogen-bond acceptors (Lipinski definition) is 2. The molecule has 1 unspecified atom stereocenters. The lowest BCUT2D eigenvalue weighted by molar-refractivity contribution is -0.116. The standard InChI is InChI=1S/C20H18OS/c1-15(21)20(22-18-11-3-2-4-12-18)14-17-10-7-9-16-8-5-6-13-19(16)17/h2-13,20H,14H2,1H3. The second kappa shape index (κ2) is 6.80. The van der Waals surface area contributed by atoms with Crippen molar-refractivity contribution in [1.82, 2.24) is 0 Å². The number of hydrogen-bond donors (Lipinski definition) is 0. The topological polar surface area (TPSA) is 17.1 Å². The zero-order valence-electron chi connectivity index (χ0n) is 12.5. The van der Waals surface area contributed by atoms with Gasteiger partial charge in [0.2, 0.25) is 0 Å². The number of fused-ring (bicyclic) bond motifs is 1. The number of benzene rings is 3. The molecule has 0 radical (unpaired) electrons. The molecule has 0 bridgehead atoms. The average molecular weight is 306 g/mol. The first kappa shape index (κ1) is 14.9. The number of ketones is 1. The van der Waals surface area contributed by atoms with E-state index in [0.29, 0.717) is 0 Å². The highest BCUT2D eigenvalue weighted by molar-refractivity contribution is 8.00. The van der Waals surface area contributed by atoms with E-state index in [0.717, 1.165) is 11.3 Å². The summed E-state index contributed by atoms with van der Waals surface area (Å²) in [6.07, 6.45) is 0.760. The quantitative estimate of drug-likeness (QED) is 0.608. The Hall–Kier alpha value is -2.06. The van der Waals surface area contributed by atoms with Crippen molar-refractivity contribution in [3.63, 3.8) is 0 Å². The van der Waals surface area contributed by atoms with Gasteiger partial charge >= 0.3 is 0 Å². The van der Waals surface area contributed by atoms with E-state index in [9.17, 15) is 4.79 Å². The van der Waals surface area contributed by atoms with Crippen LogP contribution in [0.5, 0.6) is 0 Å². The highest BCUT2D eigenvalue weighted by Crippen LogP contribution is 2.28. The van der Waals surface area contributed by atoms with Crippen molar-refractivity contribution >= 4 is 28.3 Å². The van der Waals surface area contributed by atoms with Crippen molar-refractivity contribution < 1.29 is 4.79 Å². The fourth-order valence-electron chi connectivity index (χ4n) is 2.60. The first-order valence-corrected chi connectivity index (χ1v) is 8.31. The van der Waals surface area contributed by atoms with Crippen molar-refractivity contribution in [3.8, 4) is 0 Å². The lowest BCUT2D eigenvalue weighted by atomic mass is 10.00. The van der Waals surface area contributed by atoms with Gasteiger partial charge in [0.1, 0.15) is 5.78 Å². The second-order valence-electron chi connectivity index (χ2n) is 5.37. The van der Waals surface area contributed by atoms with Crippen LogP contribution in [-0.4, -0.2) is 11.0 Å². The lowest BCUT2D eigenvalue weighted by Crippen LogP contribution is -2.16. The fourth-order valence-corrected chi connectivity index (χ4v) is 3.67. The Morgan fingerprint density at radius 2 is 1.59 bits per heavy atom. The molecule has 0 fully saturated rings. The van der Waals surface area contributed by atoms with Gasteiger partial charge in [0, 0.05) is 4.90 Å². The average Bonchev–Trinajstić information content (AvgIpc) is 2.55. The van der Waals surface area contributed by atoms with Gasteiger partial charge in [-0.25, -0.2) is 0 Å². The molecule has 0 saturated carbocycles. The number of Topliss-reactive ketones (excluding diaryl/α,β-unsaturated/α-hetero) is 1. The van der Waals surface area contributed by atoms with E-state index in [1.165, 1.54) is 16.3 Å². The molecule has 1 atom stereocenters. The number of thioether (sulfide) groups is 1. The minimum absolute atomic E-state index is 0.0480. The van der Waals surface area contributed by atoms with Crippen LogP contribution in [0.1, 0.15) is 12.5 Å². The maximum absolute atomic E-state index is 12.1. The smallest absolute Gasteiger partial charge is 0.143 e. The largest absolute Gasteiger partial charge is 0.299 e. The maximum atomic E-state index is 12.1. The van der Waals surface area contributed by atoms with Crippen LogP contribution >= 0.6 is 11.8 Å². The zero-order valence-corrected chi connectivity index (χ0v) is 13.3. The first-order valence-electron chi connectivity index (χ1n) is 7.43. The summed E-state index contributed by atoms with van der Waals surface area (Å²) in [5, 5.41) is 2.42. The summed E-state index contributed by atoms with van der Waals surface area (Å²) in [5.41, 5.74) is 1.24. The summed E-state index contributed by atoms with van der Waals surface area (Å²) in [5.74, 6) is 0.224. The van der Waals surface area contributed by atoms with E-state index >= 15 is 0 Å². The molecule has 0 aliphatic carbocycles. The first-order chi connectivity index (χ1) is 10.7. The van der Waals surface area contributed by atoms with Crippen LogP contribution in [-0.2, 0) is 11.2 Å². The number of carbonyl (C=O) groups excluding carboxylic acids is 1. The Bertz CT molecular complexity index is 775. The van der Waals surface area contributed by atoms with Gasteiger partial charge in [0.05, 0.1) is 5.25 Å². The van der Waals surface area contributed by atoms with Crippen molar-refractivity contribution in [3.05, 3.63) is 78.4 Å². The summed E-state index contributed by atoms with van der Waals surface area (Å²) < 4.78 is 0. The molecule has 0 saturated heterocycles. The summed E-state index contributed by atoms with van der Waals surface area (Å²) in [6.45, 7) is 1.69. The van der Waals surface area contributed by atoms with E-state index in [2.05, 4.69) is 48.5 Å². The lowest BCUT2D eigenvalue weighted by Gasteiger charge is -2.15. The minimum Gasteiger partial charge on any atom is -0.299 e. The molecule has 0 spiro atoms. The van der Waals surface area contributed by atoms with Crippen LogP contribution in [0.4, 0.5) is 0 Å². The molecule has 0 amide bonds. The molecule has 2 heteroatoms. The van der Waals surface area contributed by atoms with Crippen LogP contribution in [0.3, 0.4) is 0 Å².